The maximum atomic E-state index is 13.6. The molecule has 0 fully saturated rings. The molecule has 84 valence electrons. The van der Waals surface area contributed by atoms with Crippen molar-refractivity contribution in [3.05, 3.63) is 44.5 Å². The van der Waals surface area contributed by atoms with Crippen LogP contribution in [-0.4, -0.2) is 0 Å². The van der Waals surface area contributed by atoms with Crippen LogP contribution in [0.5, 0.6) is 0 Å². The molecule has 2 rings (SSSR count). The fourth-order valence-corrected chi connectivity index (χ4v) is 1.93. The number of halogens is 2. The van der Waals surface area contributed by atoms with E-state index in [0.29, 0.717) is 21.8 Å². The first-order chi connectivity index (χ1) is 7.63. The van der Waals surface area contributed by atoms with E-state index in [-0.39, 0.29) is 5.58 Å². The minimum atomic E-state index is -0.530. The van der Waals surface area contributed by atoms with Gasteiger partial charge in [0.05, 0.1) is 4.47 Å². The molecule has 0 spiro atoms. The van der Waals surface area contributed by atoms with Crippen LogP contribution in [0.2, 0.25) is 0 Å². The van der Waals surface area contributed by atoms with Crippen LogP contribution in [0.3, 0.4) is 0 Å². The maximum absolute atomic E-state index is 13.6. The second-order valence-corrected chi connectivity index (χ2v) is 4.44. The summed E-state index contributed by atoms with van der Waals surface area (Å²) in [7, 11) is 0. The van der Waals surface area contributed by atoms with Gasteiger partial charge in [0.2, 0.25) is 0 Å². The van der Waals surface area contributed by atoms with Crippen LogP contribution in [0, 0.1) is 5.82 Å². The predicted molar refractivity (Wildman–Crippen MR) is 64.1 cm³/mol. The highest BCUT2D eigenvalue weighted by molar-refractivity contribution is 9.10. The van der Waals surface area contributed by atoms with Gasteiger partial charge in [0, 0.05) is 10.9 Å². The maximum Gasteiger partial charge on any atom is 0.339 e. The van der Waals surface area contributed by atoms with Crippen LogP contribution in [0.15, 0.2) is 31.9 Å². The van der Waals surface area contributed by atoms with Gasteiger partial charge in [-0.25, -0.2) is 9.18 Å². The zero-order chi connectivity index (χ0) is 11.7. The number of rotatable bonds is 2. The van der Waals surface area contributed by atoms with Crippen LogP contribution < -0.4 is 5.63 Å². The molecule has 0 saturated carbocycles. The number of hydrogen-bond acceptors (Lipinski definition) is 2. The van der Waals surface area contributed by atoms with Crippen molar-refractivity contribution in [3.63, 3.8) is 0 Å². The second kappa shape index (κ2) is 4.37. The Bertz CT molecular complexity index is 589. The monoisotopic (exact) mass is 284 g/mol. The van der Waals surface area contributed by atoms with Gasteiger partial charge in [0.25, 0.3) is 0 Å². The van der Waals surface area contributed by atoms with Crippen LogP contribution in [-0.2, 0) is 6.42 Å². The molecule has 0 bridgehead atoms. The van der Waals surface area contributed by atoms with E-state index in [1.54, 1.807) is 18.2 Å². The summed E-state index contributed by atoms with van der Waals surface area (Å²) in [6.45, 7) is 1.98. The van der Waals surface area contributed by atoms with Crippen LogP contribution in [0.25, 0.3) is 11.0 Å². The Hall–Kier alpha value is -1.16. The normalized spacial score (nSPS) is 10.9. The minimum absolute atomic E-state index is 0.0132. The van der Waals surface area contributed by atoms with Crippen LogP contribution in [0.1, 0.15) is 18.9 Å². The fraction of sp³-hybridized carbons (Fsp3) is 0.250. The lowest BCUT2D eigenvalue weighted by atomic mass is 10.1. The van der Waals surface area contributed by atoms with Gasteiger partial charge in [-0.05, 0) is 40.5 Å². The molecular formula is C12H10BrFO2. The first kappa shape index (κ1) is 11.3. The van der Waals surface area contributed by atoms with E-state index in [0.717, 1.165) is 6.42 Å². The Morgan fingerprint density at radius 3 is 2.88 bits per heavy atom. The van der Waals surface area contributed by atoms with Crippen molar-refractivity contribution in [2.75, 3.05) is 0 Å². The van der Waals surface area contributed by atoms with Gasteiger partial charge in [-0.15, -0.1) is 0 Å². The van der Waals surface area contributed by atoms with Gasteiger partial charge in [-0.2, -0.15) is 0 Å². The molecule has 0 atom stereocenters. The van der Waals surface area contributed by atoms with Crippen molar-refractivity contribution in [2.24, 2.45) is 0 Å². The fourth-order valence-electron chi connectivity index (χ4n) is 1.61. The van der Waals surface area contributed by atoms with E-state index in [9.17, 15) is 9.18 Å². The highest BCUT2D eigenvalue weighted by atomic mass is 79.9. The van der Waals surface area contributed by atoms with Crippen molar-refractivity contribution < 1.29 is 8.81 Å². The molecule has 16 heavy (non-hydrogen) atoms. The Morgan fingerprint density at radius 1 is 1.44 bits per heavy atom. The van der Waals surface area contributed by atoms with Gasteiger partial charge >= 0.3 is 5.63 Å². The topological polar surface area (TPSA) is 30.2 Å². The predicted octanol–water partition coefficient (Wildman–Crippen LogP) is 3.65. The zero-order valence-corrected chi connectivity index (χ0v) is 10.3. The lowest BCUT2D eigenvalue weighted by Gasteiger charge is -2.02. The minimum Gasteiger partial charge on any atom is -0.419 e. The molecule has 0 N–H and O–H groups in total. The summed E-state index contributed by atoms with van der Waals surface area (Å²) in [6.07, 6.45) is 1.51. The molecule has 0 amide bonds. The molecule has 2 aromatic rings. The molecule has 0 saturated heterocycles. The molecule has 0 unspecified atom stereocenters. The smallest absolute Gasteiger partial charge is 0.339 e. The number of hydrogen-bond donors (Lipinski definition) is 0. The van der Waals surface area contributed by atoms with Gasteiger partial charge in [0.1, 0.15) is 0 Å². The van der Waals surface area contributed by atoms with E-state index in [1.807, 2.05) is 6.92 Å². The van der Waals surface area contributed by atoms with E-state index < -0.39 is 11.4 Å². The van der Waals surface area contributed by atoms with Crippen molar-refractivity contribution in [2.45, 2.75) is 19.8 Å². The average Bonchev–Trinajstić information content (AvgIpc) is 2.26. The van der Waals surface area contributed by atoms with Crippen LogP contribution >= 0.6 is 15.9 Å². The quantitative estimate of drug-likeness (QED) is 0.788. The molecular weight excluding hydrogens is 275 g/mol. The van der Waals surface area contributed by atoms with Gasteiger partial charge in [-0.3, -0.25) is 0 Å². The third kappa shape index (κ3) is 1.89. The zero-order valence-electron chi connectivity index (χ0n) is 8.72. The van der Waals surface area contributed by atoms with Gasteiger partial charge < -0.3 is 4.42 Å². The molecule has 1 aromatic carbocycles. The lowest BCUT2D eigenvalue weighted by molar-refractivity contribution is 0.514. The summed E-state index contributed by atoms with van der Waals surface area (Å²) in [5, 5.41) is 0.615. The summed E-state index contributed by atoms with van der Waals surface area (Å²) in [4.78, 5) is 11.5. The van der Waals surface area contributed by atoms with Crippen molar-refractivity contribution in [3.8, 4) is 0 Å². The molecule has 0 aliphatic rings. The van der Waals surface area contributed by atoms with Gasteiger partial charge in [-0.1, -0.05) is 13.3 Å². The Labute approximate surface area is 100 Å². The molecule has 2 nitrogen and oxygen atoms in total. The van der Waals surface area contributed by atoms with Crippen LogP contribution in [0.4, 0.5) is 4.39 Å². The number of aryl methyl sites for hydroxylation is 1. The Balaban J connectivity index is 2.74. The average molecular weight is 285 g/mol. The summed E-state index contributed by atoms with van der Waals surface area (Å²) in [5.74, 6) is -0.530. The molecule has 0 aliphatic carbocycles. The summed E-state index contributed by atoms with van der Waals surface area (Å²) >= 11 is 3.05. The third-order valence-corrected chi connectivity index (χ3v) is 3.00. The molecule has 0 radical (unpaired) electrons. The number of benzene rings is 1. The first-order valence-electron chi connectivity index (χ1n) is 5.04. The molecule has 1 aromatic heterocycles. The molecule has 1 heterocycles. The van der Waals surface area contributed by atoms with Crippen molar-refractivity contribution in [1.29, 1.82) is 0 Å². The van der Waals surface area contributed by atoms with E-state index in [1.165, 1.54) is 0 Å². The van der Waals surface area contributed by atoms with Crippen molar-refractivity contribution in [1.82, 2.24) is 0 Å². The van der Waals surface area contributed by atoms with Gasteiger partial charge in [0.15, 0.2) is 11.4 Å². The SMILES string of the molecule is CCCc1cc2ccc(Br)c(F)c2oc1=O. The summed E-state index contributed by atoms with van der Waals surface area (Å²) in [5.41, 5.74) is 0.155. The Morgan fingerprint density at radius 2 is 2.19 bits per heavy atom. The third-order valence-electron chi connectivity index (χ3n) is 2.39. The number of fused-ring (bicyclic) bond motifs is 1. The van der Waals surface area contributed by atoms with Crippen molar-refractivity contribution >= 4 is 26.9 Å². The molecule has 4 heteroatoms. The highest BCUT2D eigenvalue weighted by Gasteiger charge is 2.10. The van der Waals surface area contributed by atoms with E-state index >= 15 is 0 Å². The second-order valence-electron chi connectivity index (χ2n) is 3.59. The standard InChI is InChI=1S/C12H10BrFO2/c1-2-3-8-6-7-4-5-9(13)10(14)11(7)16-12(8)15/h4-6H,2-3H2,1H3. The largest absolute Gasteiger partial charge is 0.419 e. The molecule has 0 aliphatic heterocycles. The summed E-state index contributed by atoms with van der Waals surface area (Å²) < 4.78 is 18.9. The lowest BCUT2D eigenvalue weighted by Crippen LogP contribution is -2.07. The first-order valence-corrected chi connectivity index (χ1v) is 5.83. The van der Waals surface area contributed by atoms with E-state index in [2.05, 4.69) is 15.9 Å². The highest BCUT2D eigenvalue weighted by Crippen LogP contribution is 2.24. The van der Waals surface area contributed by atoms with E-state index in [4.69, 9.17) is 4.42 Å². The Kier molecular flexibility index (Phi) is 3.10. The summed E-state index contributed by atoms with van der Waals surface area (Å²) in [6, 6.07) is 5.03.